The van der Waals surface area contributed by atoms with Crippen LogP contribution >= 0.6 is 0 Å². The highest BCUT2D eigenvalue weighted by Crippen LogP contribution is 2.47. The average Bonchev–Trinajstić information content (AvgIpc) is 2.37. The van der Waals surface area contributed by atoms with Gasteiger partial charge < -0.3 is 15.2 Å². The maximum atomic E-state index is 6.38. The van der Waals surface area contributed by atoms with Gasteiger partial charge in [0.15, 0.2) is 0 Å². The third kappa shape index (κ3) is 2.32. The normalized spacial score (nSPS) is 33.6. The van der Waals surface area contributed by atoms with E-state index < -0.39 is 0 Å². The van der Waals surface area contributed by atoms with Crippen molar-refractivity contribution in [2.24, 2.45) is 11.7 Å². The van der Waals surface area contributed by atoms with E-state index in [4.69, 9.17) is 15.2 Å². The maximum absolute atomic E-state index is 6.38. The van der Waals surface area contributed by atoms with E-state index in [1.165, 1.54) is 12.8 Å². The van der Waals surface area contributed by atoms with Crippen molar-refractivity contribution in [2.75, 3.05) is 7.11 Å². The first-order chi connectivity index (χ1) is 9.12. The molecule has 1 aromatic carbocycles. The predicted octanol–water partition coefficient (Wildman–Crippen LogP) is 3.43. The van der Waals surface area contributed by atoms with Crippen molar-refractivity contribution < 1.29 is 9.47 Å². The van der Waals surface area contributed by atoms with E-state index in [1.807, 2.05) is 18.2 Å². The van der Waals surface area contributed by atoms with Crippen LogP contribution in [0.4, 0.5) is 0 Å². The number of rotatable bonds is 1. The van der Waals surface area contributed by atoms with E-state index in [9.17, 15) is 0 Å². The van der Waals surface area contributed by atoms with Gasteiger partial charge in [-0.15, -0.1) is 0 Å². The van der Waals surface area contributed by atoms with Gasteiger partial charge in [-0.3, -0.25) is 0 Å². The number of ether oxygens (including phenoxy) is 2. The average molecular weight is 261 g/mol. The molecule has 0 bridgehead atoms. The highest BCUT2D eigenvalue weighted by molar-refractivity contribution is 5.44. The highest BCUT2D eigenvalue weighted by atomic mass is 16.5. The second kappa shape index (κ2) is 4.71. The summed E-state index contributed by atoms with van der Waals surface area (Å²) in [5.41, 5.74) is 7.44. The molecule has 2 unspecified atom stereocenters. The van der Waals surface area contributed by atoms with Crippen LogP contribution in [0.15, 0.2) is 18.2 Å². The Labute approximate surface area is 115 Å². The Morgan fingerprint density at radius 3 is 2.95 bits per heavy atom. The molecular weight excluding hydrogens is 238 g/mol. The van der Waals surface area contributed by atoms with Gasteiger partial charge in [0.25, 0.3) is 0 Å². The van der Waals surface area contributed by atoms with Crippen LogP contribution in [0.3, 0.4) is 0 Å². The molecule has 1 spiro atoms. The molecule has 1 saturated carbocycles. The molecule has 0 aromatic heterocycles. The SMILES string of the molecule is COc1ccc2c(c1)OC1(CCCC(C)C1)C[C@@H]2N. The Hall–Kier alpha value is -1.22. The lowest BCUT2D eigenvalue weighted by molar-refractivity contribution is -0.0141. The van der Waals surface area contributed by atoms with Crippen LogP contribution in [0.25, 0.3) is 0 Å². The second-order valence-corrected chi connectivity index (χ2v) is 6.20. The Morgan fingerprint density at radius 2 is 2.21 bits per heavy atom. The Morgan fingerprint density at radius 1 is 1.37 bits per heavy atom. The Balaban J connectivity index is 1.93. The Kier molecular flexibility index (Phi) is 3.17. The number of nitrogens with two attached hydrogens (primary N) is 1. The lowest BCUT2D eigenvalue weighted by Crippen LogP contribution is -2.46. The molecule has 3 rings (SSSR count). The highest BCUT2D eigenvalue weighted by Gasteiger charge is 2.42. The first kappa shape index (κ1) is 12.8. The van der Waals surface area contributed by atoms with E-state index in [-0.39, 0.29) is 11.6 Å². The van der Waals surface area contributed by atoms with Crippen molar-refractivity contribution in [3.8, 4) is 11.5 Å². The smallest absolute Gasteiger partial charge is 0.128 e. The molecule has 1 aliphatic carbocycles. The third-order valence-corrected chi connectivity index (χ3v) is 4.59. The molecule has 1 fully saturated rings. The van der Waals surface area contributed by atoms with Gasteiger partial charge in [-0.1, -0.05) is 19.4 Å². The summed E-state index contributed by atoms with van der Waals surface area (Å²) in [7, 11) is 1.68. The molecule has 19 heavy (non-hydrogen) atoms. The lowest BCUT2D eigenvalue weighted by atomic mass is 9.73. The minimum Gasteiger partial charge on any atom is -0.497 e. The molecule has 1 heterocycles. The zero-order valence-corrected chi connectivity index (χ0v) is 11.8. The summed E-state index contributed by atoms with van der Waals surface area (Å²) in [5, 5.41) is 0. The zero-order valence-electron chi connectivity index (χ0n) is 11.8. The summed E-state index contributed by atoms with van der Waals surface area (Å²) in [4.78, 5) is 0. The van der Waals surface area contributed by atoms with Gasteiger partial charge in [0.05, 0.1) is 7.11 Å². The van der Waals surface area contributed by atoms with Crippen LogP contribution in [0.2, 0.25) is 0 Å². The minimum atomic E-state index is -0.0452. The van der Waals surface area contributed by atoms with E-state index in [0.29, 0.717) is 0 Å². The summed E-state index contributed by atoms with van der Waals surface area (Å²) in [6.07, 6.45) is 5.74. The van der Waals surface area contributed by atoms with Crippen molar-refractivity contribution in [1.82, 2.24) is 0 Å². The van der Waals surface area contributed by atoms with Crippen LogP contribution in [-0.2, 0) is 0 Å². The third-order valence-electron chi connectivity index (χ3n) is 4.59. The van der Waals surface area contributed by atoms with Gasteiger partial charge in [-0.25, -0.2) is 0 Å². The van der Waals surface area contributed by atoms with Crippen molar-refractivity contribution in [3.05, 3.63) is 23.8 Å². The first-order valence-corrected chi connectivity index (χ1v) is 7.24. The summed E-state index contributed by atoms with van der Waals surface area (Å²) >= 11 is 0. The fourth-order valence-electron chi connectivity index (χ4n) is 3.71. The number of fused-ring (bicyclic) bond motifs is 1. The standard InChI is InChI=1S/C16H23NO2/c1-11-4-3-7-16(9-11)10-14(17)13-6-5-12(18-2)8-15(13)19-16/h5-6,8,11,14H,3-4,7,9-10,17H2,1-2H3/t11?,14-,16?/m0/s1. The van der Waals surface area contributed by atoms with Gasteiger partial charge in [0.2, 0.25) is 0 Å². The fourth-order valence-corrected chi connectivity index (χ4v) is 3.71. The predicted molar refractivity (Wildman–Crippen MR) is 75.5 cm³/mol. The summed E-state index contributed by atoms with van der Waals surface area (Å²) in [6.45, 7) is 2.32. The zero-order chi connectivity index (χ0) is 13.5. The molecule has 2 N–H and O–H groups in total. The van der Waals surface area contributed by atoms with Crippen molar-refractivity contribution in [2.45, 2.75) is 50.7 Å². The molecule has 0 amide bonds. The molecule has 2 aliphatic rings. The molecule has 0 saturated heterocycles. The van der Waals surface area contributed by atoms with Gasteiger partial charge in [0.1, 0.15) is 17.1 Å². The topological polar surface area (TPSA) is 44.5 Å². The molecule has 3 heteroatoms. The Bertz CT molecular complexity index is 474. The number of hydrogen-bond acceptors (Lipinski definition) is 3. The van der Waals surface area contributed by atoms with Gasteiger partial charge in [-0.05, 0) is 31.2 Å². The fraction of sp³-hybridized carbons (Fsp3) is 0.625. The number of hydrogen-bond donors (Lipinski definition) is 1. The molecule has 0 radical (unpaired) electrons. The van der Waals surface area contributed by atoms with E-state index in [1.54, 1.807) is 7.11 Å². The molecule has 3 nitrogen and oxygen atoms in total. The summed E-state index contributed by atoms with van der Waals surface area (Å²) in [6, 6.07) is 6.07. The van der Waals surface area contributed by atoms with Crippen LogP contribution in [-0.4, -0.2) is 12.7 Å². The molecule has 1 aromatic rings. The lowest BCUT2D eigenvalue weighted by Gasteiger charge is -2.45. The largest absolute Gasteiger partial charge is 0.497 e. The quantitative estimate of drug-likeness (QED) is 0.842. The molecular formula is C16H23NO2. The van der Waals surface area contributed by atoms with Crippen molar-refractivity contribution in [1.29, 1.82) is 0 Å². The number of methoxy groups -OCH3 is 1. The van der Waals surface area contributed by atoms with Gasteiger partial charge >= 0.3 is 0 Å². The van der Waals surface area contributed by atoms with E-state index in [2.05, 4.69) is 6.92 Å². The van der Waals surface area contributed by atoms with Gasteiger partial charge in [-0.2, -0.15) is 0 Å². The van der Waals surface area contributed by atoms with Gasteiger partial charge in [0, 0.05) is 24.1 Å². The monoisotopic (exact) mass is 261 g/mol. The van der Waals surface area contributed by atoms with Crippen molar-refractivity contribution in [3.63, 3.8) is 0 Å². The van der Waals surface area contributed by atoms with Crippen LogP contribution in [0.5, 0.6) is 11.5 Å². The molecule has 1 aliphatic heterocycles. The van der Waals surface area contributed by atoms with Crippen molar-refractivity contribution >= 4 is 0 Å². The first-order valence-electron chi connectivity index (χ1n) is 7.24. The van der Waals surface area contributed by atoms with Crippen LogP contribution < -0.4 is 15.2 Å². The number of benzene rings is 1. The van der Waals surface area contributed by atoms with E-state index in [0.717, 1.165) is 42.2 Å². The van der Waals surface area contributed by atoms with Crippen LogP contribution in [0, 0.1) is 5.92 Å². The minimum absolute atomic E-state index is 0.0452. The maximum Gasteiger partial charge on any atom is 0.128 e. The molecule has 3 atom stereocenters. The summed E-state index contributed by atoms with van der Waals surface area (Å²) in [5.74, 6) is 2.49. The summed E-state index contributed by atoms with van der Waals surface area (Å²) < 4.78 is 11.7. The van der Waals surface area contributed by atoms with E-state index >= 15 is 0 Å². The molecule has 104 valence electrons. The second-order valence-electron chi connectivity index (χ2n) is 6.20. The van der Waals surface area contributed by atoms with Crippen LogP contribution in [0.1, 0.15) is 50.6 Å².